The lowest BCUT2D eigenvalue weighted by Gasteiger charge is -2.27. The van der Waals surface area contributed by atoms with Gasteiger partial charge in [0.05, 0.1) is 19.1 Å². The summed E-state index contributed by atoms with van der Waals surface area (Å²) >= 11 is 1.79. The molecule has 44 heavy (non-hydrogen) atoms. The lowest BCUT2D eigenvalue weighted by molar-refractivity contribution is -0.143. The molecule has 3 aromatic carbocycles. The van der Waals surface area contributed by atoms with Crippen molar-refractivity contribution in [1.29, 1.82) is 0 Å². The molecule has 1 fully saturated rings. The van der Waals surface area contributed by atoms with E-state index in [2.05, 4.69) is 25.4 Å². The predicted octanol–water partition coefficient (Wildman–Crippen LogP) is 6.19. The second kappa shape index (κ2) is 14.9. The minimum Gasteiger partial charge on any atom is -0.494 e. The van der Waals surface area contributed by atoms with E-state index in [0.717, 1.165) is 58.7 Å². The van der Waals surface area contributed by atoms with Crippen molar-refractivity contribution in [3.63, 3.8) is 0 Å². The van der Waals surface area contributed by atoms with Gasteiger partial charge in [-0.05, 0) is 77.8 Å². The van der Waals surface area contributed by atoms with E-state index < -0.39 is 17.9 Å². The van der Waals surface area contributed by atoms with Gasteiger partial charge in [0, 0.05) is 24.2 Å². The summed E-state index contributed by atoms with van der Waals surface area (Å²) in [6.45, 7) is 6.17. The largest absolute Gasteiger partial charge is 0.494 e. The molecule has 1 saturated heterocycles. The number of carboxylic acid groups (broad SMARTS) is 1. The first-order valence-electron chi connectivity index (χ1n) is 15.4. The standard InChI is InChI=1S/C35H42N2O6S/c1-4-23-8-6-9-24(5-2)33(23)36-31(38)22-37-21-28(26-12-15-29-30(20-26)43-18-17-42-29)32(35(39)40)34(37)25-10-13-27(14-11-25)41-16-7-19-44-3/h6,8-15,20,28,32,34H,4-5,7,16-19,21-22H2,1-3H3,(H,36,38)(H,39,40)/t28-,32?,34+/m1/s1. The van der Waals surface area contributed by atoms with Crippen molar-refractivity contribution in [2.75, 3.05) is 50.2 Å². The molecule has 0 bridgehead atoms. The maximum absolute atomic E-state index is 13.7. The number of amides is 1. The number of thioether (sulfide) groups is 1. The third-order valence-electron chi connectivity index (χ3n) is 8.47. The third kappa shape index (κ3) is 7.16. The van der Waals surface area contributed by atoms with E-state index in [0.29, 0.717) is 37.9 Å². The Kier molecular flexibility index (Phi) is 10.7. The van der Waals surface area contributed by atoms with E-state index in [4.69, 9.17) is 14.2 Å². The molecule has 8 nitrogen and oxygen atoms in total. The number of para-hydroxylation sites is 1. The monoisotopic (exact) mass is 618 g/mol. The normalized spacial score (nSPS) is 19.5. The molecule has 9 heteroatoms. The van der Waals surface area contributed by atoms with E-state index in [9.17, 15) is 14.7 Å². The third-order valence-corrected chi connectivity index (χ3v) is 9.17. The van der Waals surface area contributed by atoms with Crippen LogP contribution >= 0.6 is 11.8 Å². The number of fused-ring (bicyclic) bond motifs is 1. The van der Waals surface area contributed by atoms with Gasteiger partial charge in [-0.15, -0.1) is 0 Å². The number of carboxylic acids is 1. The number of rotatable bonds is 13. The number of carbonyl (C=O) groups is 2. The quantitative estimate of drug-likeness (QED) is 0.219. The molecular weight excluding hydrogens is 576 g/mol. The Morgan fingerprint density at radius 1 is 0.977 bits per heavy atom. The van der Waals surface area contributed by atoms with Gasteiger partial charge in [-0.3, -0.25) is 14.5 Å². The van der Waals surface area contributed by atoms with Crippen LogP contribution in [0.25, 0.3) is 0 Å². The van der Waals surface area contributed by atoms with Crippen molar-refractivity contribution in [2.45, 2.75) is 45.1 Å². The molecule has 3 atom stereocenters. The second-order valence-corrected chi connectivity index (χ2v) is 12.2. The Morgan fingerprint density at radius 2 is 1.66 bits per heavy atom. The highest BCUT2D eigenvalue weighted by atomic mass is 32.2. The molecule has 0 saturated carbocycles. The van der Waals surface area contributed by atoms with Crippen molar-refractivity contribution in [3.05, 3.63) is 82.9 Å². The zero-order valence-electron chi connectivity index (χ0n) is 25.7. The number of aryl methyl sites for hydroxylation is 2. The van der Waals surface area contributed by atoms with Crippen molar-refractivity contribution in [3.8, 4) is 17.2 Å². The minimum absolute atomic E-state index is 0.0592. The van der Waals surface area contributed by atoms with E-state index in [1.54, 1.807) is 11.8 Å². The van der Waals surface area contributed by atoms with Gasteiger partial charge in [-0.2, -0.15) is 11.8 Å². The highest BCUT2D eigenvalue weighted by Gasteiger charge is 2.48. The molecule has 5 rings (SSSR count). The molecule has 0 spiro atoms. The summed E-state index contributed by atoms with van der Waals surface area (Å²) in [5, 5.41) is 13.8. The Morgan fingerprint density at radius 3 is 2.32 bits per heavy atom. The average molecular weight is 619 g/mol. The van der Waals surface area contributed by atoms with Crippen LogP contribution < -0.4 is 19.5 Å². The van der Waals surface area contributed by atoms with Gasteiger partial charge in [-0.25, -0.2) is 0 Å². The van der Waals surface area contributed by atoms with Crippen molar-refractivity contribution >= 4 is 29.3 Å². The van der Waals surface area contributed by atoms with Gasteiger partial charge >= 0.3 is 5.97 Å². The Labute approximate surface area is 264 Å². The maximum Gasteiger partial charge on any atom is 0.309 e. The molecule has 0 radical (unpaired) electrons. The van der Waals surface area contributed by atoms with Crippen LogP contribution in [0.1, 0.15) is 54.5 Å². The number of hydrogen-bond acceptors (Lipinski definition) is 7. The number of carbonyl (C=O) groups excluding carboxylic acids is 1. The molecule has 1 unspecified atom stereocenters. The number of ether oxygens (including phenoxy) is 3. The van der Waals surface area contributed by atoms with E-state index >= 15 is 0 Å². The molecular formula is C35H42N2O6S. The molecule has 0 aliphatic carbocycles. The minimum atomic E-state index is -0.903. The van der Waals surface area contributed by atoms with Crippen LogP contribution in [0.15, 0.2) is 60.7 Å². The lowest BCUT2D eigenvalue weighted by atomic mass is 9.82. The summed E-state index contributed by atoms with van der Waals surface area (Å²) in [4.78, 5) is 28.7. The number of aliphatic carboxylic acids is 1. The first-order valence-corrected chi connectivity index (χ1v) is 16.8. The fourth-order valence-corrected chi connectivity index (χ4v) is 6.75. The molecule has 2 aliphatic heterocycles. The van der Waals surface area contributed by atoms with E-state index in [1.165, 1.54) is 0 Å². The Balaban J connectivity index is 1.45. The zero-order chi connectivity index (χ0) is 31.1. The number of benzene rings is 3. The zero-order valence-corrected chi connectivity index (χ0v) is 26.5. The number of likely N-dealkylation sites (tertiary alicyclic amines) is 1. The smallest absolute Gasteiger partial charge is 0.309 e. The van der Waals surface area contributed by atoms with Crippen LogP contribution in [0.4, 0.5) is 5.69 Å². The highest BCUT2D eigenvalue weighted by molar-refractivity contribution is 7.98. The number of nitrogens with one attached hydrogen (secondary N) is 1. The lowest BCUT2D eigenvalue weighted by Crippen LogP contribution is -2.35. The maximum atomic E-state index is 13.7. The average Bonchev–Trinajstić information content (AvgIpc) is 3.42. The Bertz CT molecular complexity index is 1420. The molecule has 2 N–H and O–H groups in total. The van der Waals surface area contributed by atoms with Gasteiger partial charge in [0.15, 0.2) is 11.5 Å². The fourth-order valence-electron chi connectivity index (χ4n) is 6.34. The van der Waals surface area contributed by atoms with Gasteiger partial charge < -0.3 is 24.6 Å². The van der Waals surface area contributed by atoms with Gasteiger partial charge in [0.1, 0.15) is 19.0 Å². The van der Waals surface area contributed by atoms with Gasteiger partial charge in [-0.1, -0.05) is 50.2 Å². The molecule has 3 aromatic rings. The molecule has 0 aromatic heterocycles. The van der Waals surface area contributed by atoms with Crippen LogP contribution in [0.2, 0.25) is 0 Å². The molecule has 2 aliphatic rings. The van der Waals surface area contributed by atoms with Gasteiger partial charge in [0.2, 0.25) is 5.91 Å². The topological polar surface area (TPSA) is 97.3 Å². The molecule has 234 valence electrons. The summed E-state index contributed by atoms with van der Waals surface area (Å²) in [7, 11) is 0. The summed E-state index contributed by atoms with van der Waals surface area (Å²) in [5.41, 5.74) is 4.72. The molecule has 1 amide bonds. The van der Waals surface area contributed by atoms with E-state index in [-0.39, 0.29) is 18.4 Å². The number of anilines is 1. The van der Waals surface area contributed by atoms with Crippen molar-refractivity contribution < 1.29 is 28.9 Å². The van der Waals surface area contributed by atoms with Crippen molar-refractivity contribution in [2.24, 2.45) is 5.92 Å². The summed E-state index contributed by atoms with van der Waals surface area (Å²) in [6.07, 6.45) is 4.63. The first-order chi connectivity index (χ1) is 21.4. The summed E-state index contributed by atoms with van der Waals surface area (Å²) < 4.78 is 17.4. The van der Waals surface area contributed by atoms with Crippen molar-refractivity contribution in [1.82, 2.24) is 4.90 Å². The number of hydrogen-bond donors (Lipinski definition) is 2. The van der Waals surface area contributed by atoms with Gasteiger partial charge in [0.25, 0.3) is 0 Å². The SMILES string of the molecule is CCc1cccc(CC)c1NC(=O)CN1C[C@H](c2ccc3c(c2)OCCO3)C(C(=O)O)[C@@H]1c1ccc(OCCCSC)cc1. The van der Waals surface area contributed by atoms with Crippen LogP contribution in [-0.4, -0.2) is 66.8 Å². The Hall–Kier alpha value is -3.69. The highest BCUT2D eigenvalue weighted by Crippen LogP contribution is 2.47. The van der Waals surface area contributed by atoms with Crippen LogP contribution in [-0.2, 0) is 22.4 Å². The summed E-state index contributed by atoms with van der Waals surface area (Å²) in [5.74, 6) is 0.845. The molecule has 2 heterocycles. The second-order valence-electron chi connectivity index (χ2n) is 11.2. The number of nitrogens with zero attached hydrogens (tertiary/aromatic N) is 1. The van der Waals surface area contributed by atoms with Crippen LogP contribution in [0, 0.1) is 5.92 Å². The van der Waals surface area contributed by atoms with E-state index in [1.807, 2.05) is 65.6 Å². The van der Waals surface area contributed by atoms with Crippen LogP contribution in [0.5, 0.6) is 17.2 Å². The van der Waals surface area contributed by atoms with Crippen LogP contribution in [0.3, 0.4) is 0 Å². The summed E-state index contributed by atoms with van der Waals surface area (Å²) in [6, 6.07) is 18.9. The fraction of sp³-hybridized carbons (Fsp3) is 0.429. The predicted molar refractivity (Wildman–Crippen MR) is 174 cm³/mol. The first kappa shape index (κ1) is 31.7.